The summed E-state index contributed by atoms with van der Waals surface area (Å²) in [5.41, 5.74) is 0.186. The van der Waals surface area contributed by atoms with Crippen molar-refractivity contribution in [1.29, 1.82) is 0 Å². The fraction of sp³-hybridized carbons (Fsp3) is 0.500. The van der Waals surface area contributed by atoms with E-state index < -0.39 is 12.2 Å². The zero-order chi connectivity index (χ0) is 14.9. The Hall–Kier alpha value is 0.480. The molecule has 1 saturated heterocycles. The van der Waals surface area contributed by atoms with Gasteiger partial charge >= 0.3 is 6.18 Å². The molecule has 0 amide bonds. The van der Waals surface area contributed by atoms with Crippen molar-refractivity contribution in [1.82, 2.24) is 10.2 Å². The summed E-state index contributed by atoms with van der Waals surface area (Å²) >= 11 is 3.71. The number of benzene rings is 1. The molecule has 1 heterocycles. The second-order valence-corrected chi connectivity index (χ2v) is 6.89. The Morgan fingerprint density at radius 3 is 2.05 bits per heavy atom. The van der Waals surface area contributed by atoms with E-state index in [9.17, 15) is 18.3 Å². The topological polar surface area (TPSA) is 35.5 Å². The number of nitrogens with zero attached hydrogens (tertiary/aromatic N) is 1. The van der Waals surface area contributed by atoms with Crippen LogP contribution in [0.25, 0.3) is 0 Å². The zero-order valence-electron chi connectivity index (χ0n) is 10.8. The molecule has 0 bridgehead atoms. The van der Waals surface area contributed by atoms with Gasteiger partial charge in [0.1, 0.15) is 11.8 Å². The number of nitrogens with one attached hydrogen (secondary N) is 1. The van der Waals surface area contributed by atoms with Gasteiger partial charge in [-0.3, -0.25) is 4.90 Å². The molecule has 0 aliphatic carbocycles. The lowest BCUT2D eigenvalue weighted by atomic mass is 10.0. The Morgan fingerprint density at radius 2 is 1.62 bits per heavy atom. The van der Waals surface area contributed by atoms with Crippen molar-refractivity contribution < 1.29 is 18.3 Å². The second kappa shape index (κ2) is 7.84. The Morgan fingerprint density at radius 1 is 1.14 bits per heavy atom. The number of phenolic OH excluding ortho intramolecular Hbond substituents is 1. The summed E-state index contributed by atoms with van der Waals surface area (Å²) in [7, 11) is 0. The van der Waals surface area contributed by atoms with Gasteiger partial charge < -0.3 is 10.4 Å². The van der Waals surface area contributed by atoms with Crippen molar-refractivity contribution in [3.05, 3.63) is 24.8 Å². The fourth-order valence-electron chi connectivity index (χ4n) is 2.29. The van der Waals surface area contributed by atoms with Gasteiger partial charge in [0.15, 0.2) is 0 Å². The van der Waals surface area contributed by atoms with E-state index in [-0.39, 0.29) is 23.7 Å². The van der Waals surface area contributed by atoms with Crippen LogP contribution in [0.5, 0.6) is 5.75 Å². The normalized spacial score (nSPS) is 18.1. The summed E-state index contributed by atoms with van der Waals surface area (Å²) in [5.74, 6) is 0.0381. The molecule has 2 N–H and O–H groups in total. The number of alkyl halides is 3. The van der Waals surface area contributed by atoms with Crippen molar-refractivity contribution in [3.63, 3.8) is 0 Å². The first kappa shape index (κ1) is 19.5. The van der Waals surface area contributed by atoms with Gasteiger partial charge in [-0.2, -0.15) is 13.2 Å². The lowest BCUT2D eigenvalue weighted by Crippen LogP contribution is -2.49. The molecule has 2 rings (SSSR count). The first-order valence-electron chi connectivity index (χ1n) is 6.00. The van der Waals surface area contributed by atoms with Crippen LogP contribution in [0, 0.1) is 7.14 Å². The fourth-order valence-corrected chi connectivity index (χ4v) is 4.11. The molecule has 0 saturated carbocycles. The van der Waals surface area contributed by atoms with Crippen LogP contribution in [0.4, 0.5) is 13.2 Å². The monoisotopic (exact) mass is 548 g/mol. The Bertz CT molecular complexity index is 473. The number of piperazine rings is 1. The number of halogens is 6. The zero-order valence-corrected chi connectivity index (χ0v) is 15.9. The third-order valence-corrected chi connectivity index (χ3v) is 4.83. The minimum absolute atomic E-state index is 0. The molecular weight excluding hydrogens is 534 g/mol. The van der Waals surface area contributed by atoms with Crippen LogP contribution in [0.3, 0.4) is 0 Å². The van der Waals surface area contributed by atoms with E-state index in [0.29, 0.717) is 33.3 Å². The number of rotatable bonds is 2. The standard InChI is InChI=1S/C12H13F3I2N2O.ClH/c13-12(14,15)11(19-3-1-18-2-4-19)7-5-8(16)10(20)9(17)6-7;/h5-6,11,18,20H,1-4H2;1H/t11-;/m1./s1. The Labute approximate surface area is 154 Å². The quantitative estimate of drug-likeness (QED) is 0.556. The van der Waals surface area contributed by atoms with Gasteiger partial charge in [-0.1, -0.05) is 0 Å². The third-order valence-electron chi connectivity index (χ3n) is 3.18. The highest BCUT2D eigenvalue weighted by molar-refractivity contribution is 14.1. The summed E-state index contributed by atoms with van der Waals surface area (Å²) in [6.07, 6.45) is -4.33. The summed E-state index contributed by atoms with van der Waals surface area (Å²) in [4.78, 5) is 1.44. The molecule has 1 aliphatic heterocycles. The minimum atomic E-state index is -4.33. The Kier molecular flexibility index (Phi) is 7.29. The van der Waals surface area contributed by atoms with Gasteiger partial charge in [0.2, 0.25) is 0 Å². The van der Waals surface area contributed by atoms with Crippen LogP contribution < -0.4 is 5.32 Å². The average Bonchev–Trinajstić information content (AvgIpc) is 2.35. The Balaban J connectivity index is 0.00000220. The molecule has 3 nitrogen and oxygen atoms in total. The second-order valence-electron chi connectivity index (χ2n) is 4.56. The highest BCUT2D eigenvalue weighted by atomic mass is 127. The van der Waals surface area contributed by atoms with E-state index in [1.807, 2.05) is 45.2 Å². The molecule has 1 aromatic carbocycles. The van der Waals surface area contributed by atoms with E-state index >= 15 is 0 Å². The summed E-state index contributed by atoms with van der Waals surface area (Å²) in [5, 5.41) is 12.8. The van der Waals surface area contributed by atoms with Crippen LogP contribution in [0.15, 0.2) is 12.1 Å². The number of hydrogen-bond acceptors (Lipinski definition) is 3. The predicted molar refractivity (Wildman–Crippen MR) is 94.0 cm³/mol. The maximum Gasteiger partial charge on any atom is 0.408 e. The number of aromatic hydroxyl groups is 1. The molecular formula is C12H14ClF3I2N2O. The molecule has 0 aromatic heterocycles. The summed E-state index contributed by atoms with van der Waals surface area (Å²) < 4.78 is 41.2. The lowest BCUT2D eigenvalue weighted by Gasteiger charge is -2.36. The third kappa shape index (κ3) is 4.72. The van der Waals surface area contributed by atoms with Gasteiger partial charge in [-0.25, -0.2) is 0 Å². The van der Waals surface area contributed by atoms with Crippen molar-refractivity contribution in [3.8, 4) is 5.75 Å². The van der Waals surface area contributed by atoms with Crippen molar-refractivity contribution >= 4 is 57.6 Å². The maximum absolute atomic E-state index is 13.4. The van der Waals surface area contributed by atoms with E-state index in [1.165, 1.54) is 17.0 Å². The molecule has 9 heteroatoms. The molecule has 0 spiro atoms. The van der Waals surface area contributed by atoms with Crippen LogP contribution in [0.2, 0.25) is 0 Å². The van der Waals surface area contributed by atoms with E-state index in [4.69, 9.17) is 0 Å². The lowest BCUT2D eigenvalue weighted by molar-refractivity contribution is -0.187. The first-order chi connectivity index (χ1) is 9.30. The molecule has 0 unspecified atom stereocenters. The summed E-state index contributed by atoms with van der Waals surface area (Å²) in [6.45, 7) is 1.83. The van der Waals surface area contributed by atoms with Gasteiger partial charge in [-0.15, -0.1) is 12.4 Å². The van der Waals surface area contributed by atoms with E-state index in [0.717, 1.165) is 0 Å². The molecule has 1 fully saturated rings. The average molecular weight is 549 g/mol. The van der Waals surface area contributed by atoms with Crippen LogP contribution in [-0.4, -0.2) is 42.4 Å². The molecule has 21 heavy (non-hydrogen) atoms. The largest absolute Gasteiger partial charge is 0.506 e. The van der Waals surface area contributed by atoms with E-state index in [1.54, 1.807) is 0 Å². The first-order valence-corrected chi connectivity index (χ1v) is 8.16. The molecule has 1 aliphatic rings. The van der Waals surface area contributed by atoms with Gasteiger partial charge in [-0.05, 0) is 62.9 Å². The van der Waals surface area contributed by atoms with Crippen LogP contribution >= 0.6 is 57.6 Å². The molecule has 1 atom stereocenters. The molecule has 1 aromatic rings. The highest BCUT2D eigenvalue weighted by Crippen LogP contribution is 2.40. The van der Waals surface area contributed by atoms with Crippen molar-refractivity contribution in [2.75, 3.05) is 26.2 Å². The smallest absolute Gasteiger partial charge is 0.408 e. The number of phenols is 1. The highest BCUT2D eigenvalue weighted by Gasteiger charge is 2.45. The van der Waals surface area contributed by atoms with Gasteiger partial charge in [0.05, 0.1) is 7.14 Å². The van der Waals surface area contributed by atoms with Gasteiger partial charge in [0, 0.05) is 26.2 Å². The van der Waals surface area contributed by atoms with Gasteiger partial charge in [0.25, 0.3) is 0 Å². The number of hydrogen-bond donors (Lipinski definition) is 2. The molecule has 0 radical (unpaired) electrons. The van der Waals surface area contributed by atoms with E-state index in [2.05, 4.69) is 5.32 Å². The summed E-state index contributed by atoms with van der Waals surface area (Å²) in [6, 6.07) is 1.21. The van der Waals surface area contributed by atoms with Crippen LogP contribution in [0.1, 0.15) is 11.6 Å². The minimum Gasteiger partial charge on any atom is -0.506 e. The van der Waals surface area contributed by atoms with Crippen molar-refractivity contribution in [2.24, 2.45) is 0 Å². The van der Waals surface area contributed by atoms with Crippen molar-refractivity contribution in [2.45, 2.75) is 12.2 Å². The molecule has 120 valence electrons. The maximum atomic E-state index is 13.4. The SMILES string of the molecule is Cl.Oc1c(I)cc([C@@H](N2CCNCC2)C(F)(F)F)cc1I. The van der Waals surface area contributed by atoms with Crippen LogP contribution in [-0.2, 0) is 0 Å². The predicted octanol–water partition coefficient (Wildman–Crippen LogP) is 3.53.